The number of aliphatic hydroxyl groups is 2. The average Bonchev–Trinajstić information content (AvgIpc) is 3.00. The van der Waals surface area contributed by atoms with Crippen LogP contribution in [0.3, 0.4) is 0 Å². The zero-order valence-corrected chi connectivity index (χ0v) is 9.64. The van der Waals surface area contributed by atoms with Crippen molar-refractivity contribution in [1.29, 1.82) is 0 Å². The van der Waals surface area contributed by atoms with Crippen molar-refractivity contribution in [1.82, 2.24) is 9.55 Å². The van der Waals surface area contributed by atoms with Gasteiger partial charge in [-0.2, -0.15) is 0 Å². The van der Waals surface area contributed by atoms with E-state index in [1.54, 1.807) is 6.92 Å². The molecule has 6 nitrogen and oxygen atoms in total. The summed E-state index contributed by atoms with van der Waals surface area (Å²) in [7, 11) is 0. The molecule has 1 saturated carbocycles. The lowest BCUT2D eigenvalue weighted by molar-refractivity contribution is 0.156. The fraction of sp³-hybridized carbons (Fsp3) is 0.636. The molecule has 17 heavy (non-hydrogen) atoms. The second kappa shape index (κ2) is 4.12. The van der Waals surface area contributed by atoms with Gasteiger partial charge in [-0.25, -0.2) is 4.79 Å². The van der Waals surface area contributed by atoms with E-state index in [2.05, 4.69) is 4.98 Å². The lowest BCUT2D eigenvalue weighted by Gasteiger charge is -2.15. The number of aryl methyl sites for hydroxylation is 1. The SMILES string of the molecule is Cc1cn(C[C@@]2(CO)C[C@@H]2CO)c(=O)[nH]c1=O. The van der Waals surface area contributed by atoms with Crippen LogP contribution in [0.1, 0.15) is 12.0 Å². The molecule has 2 atom stereocenters. The minimum absolute atomic E-state index is 0.0116. The highest BCUT2D eigenvalue weighted by Crippen LogP contribution is 2.52. The lowest BCUT2D eigenvalue weighted by atomic mass is 10.1. The molecule has 0 spiro atoms. The Bertz CT molecular complexity index is 533. The topological polar surface area (TPSA) is 95.3 Å². The van der Waals surface area contributed by atoms with Crippen LogP contribution < -0.4 is 11.2 Å². The third-order valence-corrected chi connectivity index (χ3v) is 3.57. The van der Waals surface area contributed by atoms with Crippen LogP contribution in [0.4, 0.5) is 0 Å². The minimum Gasteiger partial charge on any atom is -0.396 e. The van der Waals surface area contributed by atoms with Crippen molar-refractivity contribution in [3.05, 3.63) is 32.6 Å². The predicted octanol–water partition coefficient (Wildman–Crippen LogP) is -1.16. The lowest BCUT2D eigenvalue weighted by Crippen LogP contribution is -2.34. The molecule has 6 heteroatoms. The van der Waals surface area contributed by atoms with Gasteiger partial charge in [0, 0.05) is 30.3 Å². The number of aromatic nitrogens is 2. The quantitative estimate of drug-likeness (QED) is 0.618. The maximum atomic E-state index is 11.6. The molecule has 1 aromatic rings. The fourth-order valence-corrected chi connectivity index (χ4v) is 2.20. The first kappa shape index (κ1) is 12.1. The van der Waals surface area contributed by atoms with E-state index in [0.29, 0.717) is 18.5 Å². The van der Waals surface area contributed by atoms with E-state index in [-0.39, 0.29) is 24.7 Å². The van der Waals surface area contributed by atoms with Gasteiger partial charge in [-0.3, -0.25) is 14.3 Å². The normalized spacial score (nSPS) is 27.1. The van der Waals surface area contributed by atoms with Crippen molar-refractivity contribution in [3.8, 4) is 0 Å². The van der Waals surface area contributed by atoms with E-state index in [4.69, 9.17) is 5.11 Å². The maximum absolute atomic E-state index is 11.6. The average molecular weight is 240 g/mol. The molecule has 3 N–H and O–H groups in total. The molecule has 1 aromatic heterocycles. The van der Waals surface area contributed by atoms with E-state index in [1.165, 1.54) is 10.8 Å². The summed E-state index contributed by atoms with van der Waals surface area (Å²) in [5, 5.41) is 18.4. The number of hydrogen-bond donors (Lipinski definition) is 3. The Kier molecular flexibility index (Phi) is 2.92. The molecule has 1 aliphatic carbocycles. The van der Waals surface area contributed by atoms with Gasteiger partial charge < -0.3 is 10.2 Å². The van der Waals surface area contributed by atoms with Crippen LogP contribution in [-0.2, 0) is 6.54 Å². The molecule has 0 aromatic carbocycles. The first-order valence-corrected chi connectivity index (χ1v) is 5.54. The number of H-pyrrole nitrogens is 1. The number of hydrogen-bond acceptors (Lipinski definition) is 4. The fourth-order valence-electron chi connectivity index (χ4n) is 2.20. The summed E-state index contributed by atoms with van der Waals surface area (Å²) in [6, 6.07) is 0. The molecule has 1 fully saturated rings. The van der Waals surface area contributed by atoms with Gasteiger partial charge in [0.25, 0.3) is 5.56 Å². The standard InChI is InChI=1S/C11H16N2O4/c1-7-3-13(10(17)12-9(7)16)5-11(6-15)2-8(11)4-14/h3,8,14-15H,2,4-6H2,1H3,(H,12,16,17)/t8-,11-/m1/s1. The number of aromatic amines is 1. The van der Waals surface area contributed by atoms with Crippen LogP contribution in [0, 0.1) is 18.3 Å². The van der Waals surface area contributed by atoms with Crippen LogP contribution >= 0.6 is 0 Å². The third-order valence-electron chi connectivity index (χ3n) is 3.57. The molecule has 0 bridgehead atoms. The number of aliphatic hydroxyl groups excluding tert-OH is 2. The van der Waals surface area contributed by atoms with E-state index in [1.807, 2.05) is 0 Å². The highest BCUT2D eigenvalue weighted by atomic mass is 16.3. The Morgan fingerprint density at radius 3 is 2.76 bits per heavy atom. The van der Waals surface area contributed by atoms with Gasteiger partial charge in [-0.05, 0) is 19.3 Å². The van der Waals surface area contributed by atoms with E-state index in [9.17, 15) is 14.7 Å². The molecular formula is C11H16N2O4. The molecule has 0 aliphatic heterocycles. The molecule has 0 amide bonds. The predicted molar refractivity (Wildman–Crippen MR) is 60.8 cm³/mol. The highest BCUT2D eigenvalue weighted by molar-refractivity contribution is 5.05. The van der Waals surface area contributed by atoms with Crippen molar-refractivity contribution < 1.29 is 10.2 Å². The van der Waals surface area contributed by atoms with Gasteiger partial charge >= 0.3 is 5.69 Å². The molecule has 0 saturated heterocycles. The van der Waals surface area contributed by atoms with Crippen molar-refractivity contribution >= 4 is 0 Å². The summed E-state index contributed by atoms with van der Waals surface area (Å²) in [5.74, 6) is 0.0339. The zero-order valence-electron chi connectivity index (χ0n) is 9.64. The van der Waals surface area contributed by atoms with E-state index >= 15 is 0 Å². The van der Waals surface area contributed by atoms with Crippen LogP contribution in [0.15, 0.2) is 15.8 Å². The second-order valence-corrected chi connectivity index (χ2v) is 4.80. The summed E-state index contributed by atoms with van der Waals surface area (Å²) >= 11 is 0. The molecule has 94 valence electrons. The summed E-state index contributed by atoms with van der Waals surface area (Å²) in [6.07, 6.45) is 2.19. The van der Waals surface area contributed by atoms with Gasteiger partial charge in [-0.1, -0.05) is 0 Å². The molecule has 1 aliphatic rings. The van der Waals surface area contributed by atoms with Gasteiger partial charge in [0.05, 0.1) is 6.61 Å². The Labute approximate surface area is 97.5 Å². The largest absolute Gasteiger partial charge is 0.396 e. The van der Waals surface area contributed by atoms with Crippen molar-refractivity contribution in [2.75, 3.05) is 13.2 Å². The summed E-state index contributed by atoms with van der Waals surface area (Å²) in [5.41, 5.74) is -0.821. The first-order chi connectivity index (χ1) is 8.02. The monoisotopic (exact) mass is 240 g/mol. The molecule has 1 heterocycles. The third kappa shape index (κ3) is 2.05. The van der Waals surface area contributed by atoms with Crippen molar-refractivity contribution in [2.24, 2.45) is 11.3 Å². The number of nitrogens with one attached hydrogen (secondary N) is 1. The van der Waals surface area contributed by atoms with Gasteiger partial charge in [0.1, 0.15) is 0 Å². The molecular weight excluding hydrogens is 224 g/mol. The number of rotatable bonds is 4. The Hall–Kier alpha value is -1.40. The molecule has 0 unspecified atom stereocenters. The highest BCUT2D eigenvalue weighted by Gasteiger charge is 2.53. The van der Waals surface area contributed by atoms with Crippen molar-refractivity contribution in [3.63, 3.8) is 0 Å². The van der Waals surface area contributed by atoms with Crippen LogP contribution in [0.5, 0.6) is 0 Å². The van der Waals surface area contributed by atoms with Gasteiger partial charge in [-0.15, -0.1) is 0 Å². The first-order valence-electron chi connectivity index (χ1n) is 5.54. The van der Waals surface area contributed by atoms with Crippen LogP contribution in [0.2, 0.25) is 0 Å². The van der Waals surface area contributed by atoms with E-state index in [0.717, 1.165) is 0 Å². The zero-order chi connectivity index (χ0) is 12.6. The molecule has 0 radical (unpaired) electrons. The Morgan fingerprint density at radius 2 is 2.24 bits per heavy atom. The summed E-state index contributed by atoms with van der Waals surface area (Å²) in [4.78, 5) is 25.0. The van der Waals surface area contributed by atoms with Gasteiger partial charge in [0.2, 0.25) is 0 Å². The number of nitrogens with zero attached hydrogens (tertiary/aromatic N) is 1. The smallest absolute Gasteiger partial charge is 0.328 e. The minimum atomic E-state index is -0.475. The Balaban J connectivity index is 2.28. The maximum Gasteiger partial charge on any atom is 0.328 e. The Morgan fingerprint density at radius 1 is 1.53 bits per heavy atom. The van der Waals surface area contributed by atoms with Crippen LogP contribution in [-0.4, -0.2) is 33.0 Å². The van der Waals surface area contributed by atoms with E-state index < -0.39 is 11.1 Å². The summed E-state index contributed by atoms with van der Waals surface area (Å²) in [6.45, 7) is 1.89. The summed E-state index contributed by atoms with van der Waals surface area (Å²) < 4.78 is 1.39. The van der Waals surface area contributed by atoms with Gasteiger partial charge in [0.15, 0.2) is 0 Å². The van der Waals surface area contributed by atoms with Crippen molar-refractivity contribution in [2.45, 2.75) is 19.9 Å². The van der Waals surface area contributed by atoms with Crippen LogP contribution in [0.25, 0.3) is 0 Å². The molecule has 2 rings (SSSR count). The second-order valence-electron chi connectivity index (χ2n) is 4.80.